The van der Waals surface area contributed by atoms with Gasteiger partial charge in [0.1, 0.15) is 0 Å². The normalized spacial score (nSPS) is 20.8. The van der Waals surface area contributed by atoms with Crippen molar-refractivity contribution < 1.29 is 19.5 Å². The van der Waals surface area contributed by atoms with Crippen LogP contribution >= 0.6 is 0 Å². The Morgan fingerprint density at radius 1 is 1.25 bits per heavy atom. The Hall–Kier alpha value is -1.93. The first-order chi connectivity index (χ1) is 9.38. The van der Waals surface area contributed by atoms with Crippen LogP contribution in [0.3, 0.4) is 0 Å². The lowest BCUT2D eigenvalue weighted by Gasteiger charge is -2.37. The van der Waals surface area contributed by atoms with Gasteiger partial charge in [-0.1, -0.05) is 0 Å². The standard InChI is InChI=1S/C12H20N4O4/c1-15-5-6-16(2)9(8-15)7-13-12(20)14-10(17)3-4-11(18)19/h3-4,9H,5-8H2,1-2H3,(H,18,19)(H2,13,14,17,20). The largest absolute Gasteiger partial charge is 0.478 e. The molecular formula is C12H20N4O4. The van der Waals surface area contributed by atoms with Gasteiger partial charge in [0.05, 0.1) is 0 Å². The molecule has 0 spiro atoms. The van der Waals surface area contributed by atoms with Crippen molar-refractivity contribution in [2.45, 2.75) is 6.04 Å². The second-order valence-corrected chi connectivity index (χ2v) is 4.77. The van der Waals surface area contributed by atoms with Crippen molar-refractivity contribution in [3.63, 3.8) is 0 Å². The molecule has 0 saturated carbocycles. The minimum Gasteiger partial charge on any atom is -0.478 e. The molecule has 0 aromatic carbocycles. The molecule has 1 aliphatic heterocycles. The van der Waals surface area contributed by atoms with Crippen LogP contribution in [0.4, 0.5) is 4.79 Å². The first-order valence-electron chi connectivity index (χ1n) is 6.27. The van der Waals surface area contributed by atoms with Gasteiger partial charge in [0, 0.05) is 44.4 Å². The van der Waals surface area contributed by atoms with E-state index in [1.165, 1.54) is 0 Å². The van der Waals surface area contributed by atoms with Crippen LogP contribution in [0.2, 0.25) is 0 Å². The molecule has 1 aliphatic rings. The minimum absolute atomic E-state index is 0.184. The van der Waals surface area contributed by atoms with Crippen molar-refractivity contribution in [2.75, 3.05) is 40.3 Å². The summed E-state index contributed by atoms with van der Waals surface area (Å²) in [6.07, 6.45) is 1.47. The maximum atomic E-state index is 11.5. The lowest BCUT2D eigenvalue weighted by atomic mass is 10.2. The van der Waals surface area contributed by atoms with E-state index in [1.54, 1.807) is 0 Å². The van der Waals surface area contributed by atoms with Crippen LogP contribution in [0.25, 0.3) is 0 Å². The molecule has 1 rings (SSSR count). The third kappa shape index (κ3) is 5.81. The van der Waals surface area contributed by atoms with E-state index in [9.17, 15) is 14.4 Å². The van der Waals surface area contributed by atoms with Crippen LogP contribution in [0.1, 0.15) is 0 Å². The number of carboxylic acids is 1. The summed E-state index contributed by atoms with van der Waals surface area (Å²) in [6.45, 7) is 3.16. The predicted octanol–water partition coefficient (Wildman–Crippen LogP) is -1.30. The number of hydrogen-bond donors (Lipinski definition) is 3. The van der Waals surface area contributed by atoms with E-state index in [1.807, 2.05) is 19.4 Å². The fourth-order valence-corrected chi connectivity index (χ4v) is 1.88. The topological polar surface area (TPSA) is 102 Å². The molecule has 112 valence electrons. The number of carbonyl (C=O) groups excluding carboxylic acids is 2. The zero-order valence-electron chi connectivity index (χ0n) is 11.6. The number of aliphatic carboxylic acids is 1. The highest BCUT2D eigenvalue weighted by atomic mass is 16.4. The molecule has 1 unspecified atom stereocenters. The zero-order chi connectivity index (χ0) is 15.1. The second-order valence-electron chi connectivity index (χ2n) is 4.77. The van der Waals surface area contributed by atoms with E-state index in [2.05, 4.69) is 15.1 Å². The van der Waals surface area contributed by atoms with Crippen LogP contribution in [0.15, 0.2) is 12.2 Å². The summed E-state index contributed by atoms with van der Waals surface area (Å²) in [4.78, 5) is 37.2. The average Bonchev–Trinajstić information content (AvgIpc) is 2.37. The molecular weight excluding hydrogens is 264 g/mol. The number of imide groups is 1. The molecule has 20 heavy (non-hydrogen) atoms. The number of urea groups is 1. The number of nitrogens with zero attached hydrogens (tertiary/aromatic N) is 2. The number of carbonyl (C=O) groups is 3. The smallest absolute Gasteiger partial charge is 0.328 e. The number of rotatable bonds is 4. The third-order valence-electron chi connectivity index (χ3n) is 3.09. The van der Waals surface area contributed by atoms with Crippen LogP contribution in [0, 0.1) is 0 Å². The SMILES string of the molecule is CN1CCN(C)C(CNC(=O)NC(=O)C=CC(=O)O)C1. The highest BCUT2D eigenvalue weighted by molar-refractivity contribution is 6.02. The minimum atomic E-state index is -1.24. The van der Waals surface area contributed by atoms with Crippen LogP contribution in [0.5, 0.6) is 0 Å². The van der Waals surface area contributed by atoms with Crippen molar-refractivity contribution in [2.24, 2.45) is 0 Å². The molecule has 8 heteroatoms. The Labute approximate surface area is 117 Å². The summed E-state index contributed by atoms with van der Waals surface area (Å²) >= 11 is 0. The van der Waals surface area contributed by atoms with Gasteiger partial charge < -0.3 is 15.3 Å². The van der Waals surface area contributed by atoms with Gasteiger partial charge >= 0.3 is 12.0 Å². The second kappa shape index (κ2) is 7.61. The third-order valence-corrected chi connectivity index (χ3v) is 3.09. The van der Waals surface area contributed by atoms with Gasteiger partial charge in [0.25, 0.3) is 5.91 Å². The van der Waals surface area contributed by atoms with Crippen LogP contribution in [-0.4, -0.2) is 79.1 Å². The van der Waals surface area contributed by atoms with Gasteiger partial charge in [-0.15, -0.1) is 0 Å². The molecule has 0 aromatic rings. The molecule has 1 heterocycles. The number of piperazine rings is 1. The molecule has 3 N–H and O–H groups in total. The van der Waals surface area contributed by atoms with Crippen LogP contribution in [-0.2, 0) is 9.59 Å². The Kier molecular flexibility index (Phi) is 6.13. The van der Waals surface area contributed by atoms with Crippen molar-refractivity contribution >= 4 is 17.9 Å². The number of likely N-dealkylation sites (N-methyl/N-ethyl adjacent to an activating group) is 2. The quantitative estimate of drug-likeness (QED) is 0.555. The predicted molar refractivity (Wildman–Crippen MR) is 72.2 cm³/mol. The van der Waals surface area contributed by atoms with E-state index in [0.29, 0.717) is 12.6 Å². The molecule has 0 radical (unpaired) electrons. The molecule has 1 saturated heterocycles. The zero-order valence-corrected chi connectivity index (χ0v) is 11.6. The van der Waals surface area contributed by atoms with Gasteiger partial charge in [0.2, 0.25) is 0 Å². The van der Waals surface area contributed by atoms with Gasteiger partial charge in [-0.05, 0) is 14.1 Å². The maximum Gasteiger partial charge on any atom is 0.328 e. The molecule has 0 bridgehead atoms. The summed E-state index contributed by atoms with van der Waals surface area (Å²) in [5.41, 5.74) is 0. The van der Waals surface area contributed by atoms with Crippen molar-refractivity contribution in [1.29, 1.82) is 0 Å². The van der Waals surface area contributed by atoms with Gasteiger partial charge in [-0.2, -0.15) is 0 Å². The molecule has 8 nitrogen and oxygen atoms in total. The first-order valence-corrected chi connectivity index (χ1v) is 6.27. The lowest BCUT2D eigenvalue weighted by Crippen LogP contribution is -2.55. The number of carboxylic acid groups (broad SMARTS) is 1. The molecule has 0 aromatic heterocycles. The first kappa shape index (κ1) is 16.1. The summed E-state index contributed by atoms with van der Waals surface area (Å²) in [5.74, 6) is -2.01. The van der Waals surface area contributed by atoms with Crippen molar-refractivity contribution in [1.82, 2.24) is 20.4 Å². The van der Waals surface area contributed by atoms with Crippen molar-refractivity contribution in [3.05, 3.63) is 12.2 Å². The molecule has 1 fully saturated rings. The molecule has 0 aliphatic carbocycles. The summed E-state index contributed by atoms with van der Waals surface area (Å²) < 4.78 is 0. The van der Waals surface area contributed by atoms with Gasteiger partial charge in [0.15, 0.2) is 0 Å². The van der Waals surface area contributed by atoms with E-state index in [-0.39, 0.29) is 6.04 Å². The fraction of sp³-hybridized carbons (Fsp3) is 0.583. The van der Waals surface area contributed by atoms with Crippen LogP contribution < -0.4 is 10.6 Å². The summed E-state index contributed by atoms with van der Waals surface area (Å²) in [5, 5.41) is 13.0. The number of hydrogen-bond acceptors (Lipinski definition) is 5. The highest BCUT2D eigenvalue weighted by Gasteiger charge is 2.22. The molecule has 1 atom stereocenters. The Morgan fingerprint density at radius 2 is 1.95 bits per heavy atom. The van der Waals surface area contributed by atoms with Gasteiger partial charge in [-0.25, -0.2) is 9.59 Å². The number of nitrogens with one attached hydrogen (secondary N) is 2. The Bertz CT molecular complexity index is 410. The summed E-state index contributed by atoms with van der Waals surface area (Å²) in [6, 6.07) is -0.448. The monoisotopic (exact) mass is 284 g/mol. The van der Waals surface area contributed by atoms with E-state index < -0.39 is 17.9 Å². The molecule has 3 amide bonds. The van der Waals surface area contributed by atoms with Crippen molar-refractivity contribution in [3.8, 4) is 0 Å². The lowest BCUT2D eigenvalue weighted by molar-refractivity contribution is -0.131. The highest BCUT2D eigenvalue weighted by Crippen LogP contribution is 2.04. The van der Waals surface area contributed by atoms with E-state index in [4.69, 9.17) is 5.11 Å². The van der Waals surface area contributed by atoms with E-state index >= 15 is 0 Å². The Morgan fingerprint density at radius 3 is 2.60 bits per heavy atom. The Balaban J connectivity index is 2.32. The summed E-state index contributed by atoms with van der Waals surface area (Å²) in [7, 11) is 4.00. The van der Waals surface area contributed by atoms with E-state index in [0.717, 1.165) is 25.7 Å². The number of amides is 3. The maximum absolute atomic E-state index is 11.5. The average molecular weight is 284 g/mol. The fourth-order valence-electron chi connectivity index (χ4n) is 1.88. The van der Waals surface area contributed by atoms with Gasteiger partial charge in [-0.3, -0.25) is 15.0 Å².